The zero-order chi connectivity index (χ0) is 28.0. The highest BCUT2D eigenvalue weighted by molar-refractivity contribution is 7.89. The summed E-state index contributed by atoms with van der Waals surface area (Å²) in [6.07, 6.45) is 1.68. The molecular formula is C27H33N7O4S. The molecule has 3 aromatic carbocycles. The molecule has 0 aliphatic carbocycles. The number of nitrogens with two attached hydrogens (primary N) is 2. The van der Waals surface area contributed by atoms with E-state index >= 15 is 0 Å². The number of benzene rings is 3. The first-order valence-electron chi connectivity index (χ1n) is 12.6. The average molecular weight is 552 g/mol. The Hall–Kier alpha value is -4.16. The van der Waals surface area contributed by atoms with Crippen molar-refractivity contribution in [2.45, 2.75) is 23.8 Å². The molecule has 0 radical (unpaired) electrons. The third-order valence-corrected chi connectivity index (χ3v) is 8.18. The van der Waals surface area contributed by atoms with Crippen LogP contribution < -0.4 is 26.8 Å². The lowest BCUT2D eigenvalue weighted by molar-refractivity contribution is -0.123. The molecule has 2 amide bonds. The van der Waals surface area contributed by atoms with Crippen molar-refractivity contribution in [3.8, 4) is 0 Å². The third kappa shape index (κ3) is 7.03. The number of hydrogen-bond donors (Lipinski definition) is 6. The molecule has 1 fully saturated rings. The highest BCUT2D eigenvalue weighted by Gasteiger charge is 2.27. The first-order valence-corrected chi connectivity index (χ1v) is 14.1. The van der Waals surface area contributed by atoms with Crippen molar-refractivity contribution >= 4 is 44.3 Å². The SMILES string of the molecule is N=C(N)N1CCC[C@@H](CNC(=O)[C@H](CNS(=O)(=O)c2ccc3ccccc3c2)NC(=O)c2ccccc2N)C1. The summed E-state index contributed by atoms with van der Waals surface area (Å²) in [5.74, 6) is -1.10. The van der Waals surface area contributed by atoms with Gasteiger partial charge in [0.1, 0.15) is 6.04 Å². The van der Waals surface area contributed by atoms with Crippen molar-refractivity contribution in [3.63, 3.8) is 0 Å². The highest BCUT2D eigenvalue weighted by atomic mass is 32.2. The predicted octanol–water partition coefficient (Wildman–Crippen LogP) is 1.22. The standard InChI is InChI=1S/C27H33N7O4S/c28-23-10-4-3-9-22(23)25(35)33-24(26(36)31-15-18-6-5-13-34(17-18)27(29)30)16-32-39(37,38)21-12-11-19-7-1-2-8-20(19)14-21/h1-4,7-12,14,18,24,32H,5-6,13,15-17,28H2,(H3,29,30)(H,31,36)(H,33,35)/t18-,24-/m0/s1. The van der Waals surface area contributed by atoms with Crippen molar-refractivity contribution in [1.29, 1.82) is 5.41 Å². The lowest BCUT2D eigenvalue weighted by Crippen LogP contribution is -2.54. The van der Waals surface area contributed by atoms with E-state index in [9.17, 15) is 18.0 Å². The van der Waals surface area contributed by atoms with E-state index in [0.717, 1.165) is 23.6 Å². The number of amides is 2. The van der Waals surface area contributed by atoms with Crippen LogP contribution in [0.15, 0.2) is 71.6 Å². The van der Waals surface area contributed by atoms with Crippen LogP contribution in [0.4, 0.5) is 5.69 Å². The first-order chi connectivity index (χ1) is 18.6. The molecule has 0 bridgehead atoms. The minimum absolute atomic E-state index is 0.0142. The van der Waals surface area contributed by atoms with Crippen molar-refractivity contribution in [1.82, 2.24) is 20.3 Å². The van der Waals surface area contributed by atoms with Crippen LogP contribution in [0.1, 0.15) is 23.2 Å². The van der Waals surface area contributed by atoms with E-state index in [0.29, 0.717) is 19.6 Å². The number of rotatable bonds is 9. The summed E-state index contributed by atoms with van der Waals surface area (Å²) >= 11 is 0. The van der Waals surface area contributed by atoms with Gasteiger partial charge in [-0.3, -0.25) is 15.0 Å². The van der Waals surface area contributed by atoms with Crippen LogP contribution in [0, 0.1) is 11.3 Å². The van der Waals surface area contributed by atoms with Gasteiger partial charge >= 0.3 is 0 Å². The van der Waals surface area contributed by atoms with E-state index in [1.807, 2.05) is 24.3 Å². The maximum atomic E-state index is 13.2. The number of para-hydroxylation sites is 1. The minimum atomic E-state index is -3.99. The molecular weight excluding hydrogens is 518 g/mol. The molecule has 39 heavy (non-hydrogen) atoms. The largest absolute Gasteiger partial charge is 0.398 e. The maximum absolute atomic E-state index is 13.2. The zero-order valence-corrected chi connectivity index (χ0v) is 22.2. The minimum Gasteiger partial charge on any atom is -0.398 e. The van der Waals surface area contributed by atoms with E-state index in [-0.39, 0.29) is 34.6 Å². The van der Waals surface area contributed by atoms with Crippen LogP contribution >= 0.6 is 0 Å². The Morgan fingerprint density at radius 2 is 1.77 bits per heavy atom. The van der Waals surface area contributed by atoms with Gasteiger partial charge in [0, 0.05) is 31.9 Å². The number of nitrogen functional groups attached to an aromatic ring is 1. The summed E-state index contributed by atoms with van der Waals surface area (Å²) in [7, 11) is -3.99. The topological polar surface area (TPSA) is 184 Å². The summed E-state index contributed by atoms with van der Waals surface area (Å²) < 4.78 is 28.7. The van der Waals surface area contributed by atoms with E-state index < -0.39 is 27.9 Å². The van der Waals surface area contributed by atoms with Crippen LogP contribution in [0.3, 0.4) is 0 Å². The molecule has 1 aliphatic heterocycles. The van der Waals surface area contributed by atoms with Crippen molar-refractivity contribution in [2.75, 3.05) is 31.9 Å². The second-order valence-electron chi connectivity index (χ2n) is 9.56. The normalized spacial score (nSPS) is 16.4. The Bertz CT molecular complexity index is 1480. The molecule has 1 saturated heterocycles. The number of carbonyl (C=O) groups excluding carboxylic acids is 2. The van der Waals surface area contributed by atoms with Gasteiger partial charge in [0.25, 0.3) is 5.91 Å². The van der Waals surface area contributed by atoms with Gasteiger partial charge in [0.2, 0.25) is 15.9 Å². The number of carbonyl (C=O) groups is 2. The summed E-state index contributed by atoms with van der Waals surface area (Å²) in [4.78, 5) is 28.0. The smallest absolute Gasteiger partial charge is 0.254 e. The summed E-state index contributed by atoms with van der Waals surface area (Å²) in [6.45, 7) is 1.14. The third-order valence-electron chi connectivity index (χ3n) is 6.76. The van der Waals surface area contributed by atoms with Gasteiger partial charge in [-0.25, -0.2) is 13.1 Å². The predicted molar refractivity (Wildman–Crippen MR) is 150 cm³/mol. The quantitative estimate of drug-likeness (QED) is 0.131. The monoisotopic (exact) mass is 551 g/mol. The summed E-state index contributed by atoms with van der Waals surface area (Å²) in [6, 6.07) is 17.3. The van der Waals surface area contributed by atoms with Crippen molar-refractivity contribution in [2.24, 2.45) is 11.7 Å². The first kappa shape index (κ1) is 27.9. The number of nitrogens with zero attached hydrogens (tertiary/aromatic N) is 1. The summed E-state index contributed by atoms with van der Waals surface area (Å²) in [5.41, 5.74) is 12.0. The lowest BCUT2D eigenvalue weighted by atomic mass is 9.98. The van der Waals surface area contributed by atoms with Crippen LogP contribution in [-0.2, 0) is 14.8 Å². The number of anilines is 1. The van der Waals surface area contributed by atoms with E-state index in [2.05, 4.69) is 15.4 Å². The molecule has 0 spiro atoms. The second-order valence-corrected chi connectivity index (χ2v) is 11.3. The van der Waals surface area contributed by atoms with Gasteiger partial charge in [0.05, 0.1) is 10.5 Å². The maximum Gasteiger partial charge on any atom is 0.254 e. The fourth-order valence-electron chi connectivity index (χ4n) is 4.58. The number of fused-ring (bicyclic) bond motifs is 1. The van der Waals surface area contributed by atoms with Crippen LogP contribution in [-0.4, -0.2) is 63.3 Å². The zero-order valence-electron chi connectivity index (χ0n) is 21.4. The second kappa shape index (κ2) is 12.1. The van der Waals surface area contributed by atoms with Gasteiger partial charge in [-0.05, 0) is 53.8 Å². The molecule has 3 aromatic rings. The number of guanidine groups is 1. The molecule has 1 heterocycles. The van der Waals surface area contributed by atoms with Crippen LogP contribution in [0.2, 0.25) is 0 Å². The molecule has 2 atom stereocenters. The van der Waals surface area contributed by atoms with Crippen LogP contribution in [0.25, 0.3) is 10.8 Å². The Labute approximate surface area is 227 Å². The van der Waals surface area contributed by atoms with Gasteiger partial charge in [-0.2, -0.15) is 0 Å². The van der Waals surface area contributed by atoms with E-state index in [4.69, 9.17) is 16.9 Å². The molecule has 0 aromatic heterocycles. The van der Waals surface area contributed by atoms with Gasteiger partial charge < -0.3 is 27.0 Å². The molecule has 4 rings (SSSR count). The van der Waals surface area contributed by atoms with Crippen molar-refractivity contribution < 1.29 is 18.0 Å². The van der Waals surface area contributed by atoms with Gasteiger partial charge in [0.15, 0.2) is 5.96 Å². The molecule has 0 unspecified atom stereocenters. The Morgan fingerprint density at radius 1 is 1.05 bits per heavy atom. The van der Waals surface area contributed by atoms with E-state index in [1.54, 1.807) is 35.2 Å². The number of sulfonamides is 1. The molecule has 0 saturated carbocycles. The van der Waals surface area contributed by atoms with E-state index in [1.165, 1.54) is 12.1 Å². The number of hydrogen-bond acceptors (Lipinski definition) is 6. The Balaban J connectivity index is 1.48. The molecule has 12 heteroatoms. The van der Waals surface area contributed by atoms with Crippen molar-refractivity contribution in [3.05, 3.63) is 72.3 Å². The molecule has 11 nitrogen and oxygen atoms in total. The lowest BCUT2D eigenvalue weighted by Gasteiger charge is -2.33. The fraction of sp³-hybridized carbons (Fsp3) is 0.296. The number of likely N-dealkylation sites (tertiary alicyclic amines) is 1. The Morgan fingerprint density at radius 3 is 2.51 bits per heavy atom. The fourth-order valence-corrected chi connectivity index (χ4v) is 5.66. The summed E-state index contributed by atoms with van der Waals surface area (Å²) in [5, 5.41) is 14.8. The van der Waals surface area contributed by atoms with Gasteiger partial charge in [-0.15, -0.1) is 0 Å². The van der Waals surface area contributed by atoms with Gasteiger partial charge in [-0.1, -0.05) is 42.5 Å². The number of nitrogens with one attached hydrogen (secondary N) is 4. The van der Waals surface area contributed by atoms with Crippen LogP contribution in [0.5, 0.6) is 0 Å². The average Bonchev–Trinajstić information content (AvgIpc) is 2.94. The highest BCUT2D eigenvalue weighted by Crippen LogP contribution is 2.19. The molecule has 1 aliphatic rings. The number of piperidine rings is 1. The molecule has 206 valence electrons. The molecule has 8 N–H and O–H groups in total. The Kier molecular flexibility index (Phi) is 8.67.